The number of nitrogens with one attached hydrogen (secondary N) is 1. The van der Waals surface area contributed by atoms with E-state index < -0.39 is 0 Å². The second kappa shape index (κ2) is 5.89. The van der Waals surface area contributed by atoms with Crippen LogP contribution in [0.5, 0.6) is 11.5 Å². The zero-order valence-electron chi connectivity index (χ0n) is 9.86. The Morgan fingerprint density at radius 2 is 1.94 bits per heavy atom. The second-order valence-electron chi connectivity index (χ2n) is 3.73. The van der Waals surface area contributed by atoms with Crippen molar-refractivity contribution in [3.8, 4) is 11.5 Å². The molecule has 1 aliphatic rings. The van der Waals surface area contributed by atoms with Crippen molar-refractivity contribution in [1.82, 2.24) is 5.32 Å². The topological polar surface area (TPSA) is 47.6 Å². The van der Waals surface area contributed by atoms with Crippen LogP contribution in [0.25, 0.3) is 0 Å². The van der Waals surface area contributed by atoms with Gasteiger partial charge in [-0.1, -0.05) is 0 Å². The van der Waals surface area contributed by atoms with Gasteiger partial charge in [0.25, 0.3) is 0 Å². The number of carbonyl (C=O) groups is 1. The first-order chi connectivity index (χ1) is 7.72. The van der Waals surface area contributed by atoms with E-state index in [0.717, 1.165) is 0 Å². The fourth-order valence-electron chi connectivity index (χ4n) is 1.58. The first-order valence-corrected chi connectivity index (χ1v) is 5.33. The lowest BCUT2D eigenvalue weighted by Crippen LogP contribution is -2.30. The minimum atomic E-state index is -0.192. The van der Waals surface area contributed by atoms with E-state index in [0.29, 0.717) is 30.3 Å². The van der Waals surface area contributed by atoms with Gasteiger partial charge in [-0.25, -0.2) is 0 Å². The molecular weight excluding hydrogens is 242 g/mol. The first-order valence-electron chi connectivity index (χ1n) is 5.33. The molecule has 1 unspecified atom stereocenters. The first kappa shape index (κ1) is 13.8. The molecule has 0 amide bonds. The zero-order chi connectivity index (χ0) is 11.5. The van der Waals surface area contributed by atoms with E-state index in [-0.39, 0.29) is 24.2 Å². The van der Waals surface area contributed by atoms with Crippen molar-refractivity contribution in [1.29, 1.82) is 0 Å². The summed E-state index contributed by atoms with van der Waals surface area (Å²) in [6.07, 6.45) is 0. The Morgan fingerprint density at radius 3 is 2.59 bits per heavy atom. The summed E-state index contributed by atoms with van der Waals surface area (Å²) in [6, 6.07) is 5.10. The van der Waals surface area contributed by atoms with Gasteiger partial charge in [0.15, 0.2) is 17.3 Å². The molecule has 94 valence electrons. The quantitative estimate of drug-likeness (QED) is 0.837. The van der Waals surface area contributed by atoms with Crippen molar-refractivity contribution in [3.05, 3.63) is 23.8 Å². The molecule has 1 aromatic carbocycles. The van der Waals surface area contributed by atoms with Gasteiger partial charge in [0, 0.05) is 5.56 Å². The number of likely N-dealkylation sites (N-methyl/N-ethyl adjacent to an activating group) is 1. The molecule has 0 aromatic heterocycles. The average molecular weight is 258 g/mol. The Kier molecular flexibility index (Phi) is 4.78. The summed E-state index contributed by atoms with van der Waals surface area (Å²) in [5.41, 5.74) is 0.645. The van der Waals surface area contributed by atoms with Crippen molar-refractivity contribution in [2.24, 2.45) is 0 Å². The minimum Gasteiger partial charge on any atom is -0.486 e. The van der Waals surface area contributed by atoms with Crippen LogP contribution < -0.4 is 14.8 Å². The predicted octanol–water partition coefficient (Wildman–Crippen LogP) is 1.67. The second-order valence-corrected chi connectivity index (χ2v) is 3.73. The van der Waals surface area contributed by atoms with Gasteiger partial charge >= 0.3 is 0 Å². The van der Waals surface area contributed by atoms with Crippen LogP contribution >= 0.6 is 12.4 Å². The van der Waals surface area contributed by atoms with Crippen LogP contribution in [0.4, 0.5) is 0 Å². The third-order valence-electron chi connectivity index (χ3n) is 2.65. The van der Waals surface area contributed by atoms with Gasteiger partial charge in [-0.3, -0.25) is 4.79 Å². The highest BCUT2D eigenvalue weighted by Gasteiger charge is 2.17. The number of benzene rings is 1. The number of hydrogen-bond acceptors (Lipinski definition) is 4. The van der Waals surface area contributed by atoms with E-state index in [4.69, 9.17) is 9.47 Å². The maximum absolute atomic E-state index is 11.9. The van der Waals surface area contributed by atoms with Crippen LogP contribution in [0.3, 0.4) is 0 Å². The molecule has 4 nitrogen and oxygen atoms in total. The monoisotopic (exact) mass is 257 g/mol. The predicted molar refractivity (Wildman–Crippen MR) is 67.5 cm³/mol. The lowest BCUT2D eigenvalue weighted by molar-refractivity contribution is 0.0954. The van der Waals surface area contributed by atoms with Crippen molar-refractivity contribution < 1.29 is 14.3 Å². The summed E-state index contributed by atoms with van der Waals surface area (Å²) in [4.78, 5) is 11.9. The Hall–Kier alpha value is -1.26. The molecule has 1 N–H and O–H groups in total. The lowest BCUT2D eigenvalue weighted by atomic mass is 10.0. The number of Topliss-reactive ketones (excluding diaryl/α,β-unsaturated/α-hetero) is 1. The third kappa shape index (κ3) is 2.90. The highest BCUT2D eigenvalue weighted by Crippen LogP contribution is 2.30. The number of hydrogen-bond donors (Lipinski definition) is 1. The summed E-state index contributed by atoms with van der Waals surface area (Å²) in [7, 11) is 1.76. The Labute approximate surface area is 107 Å². The Balaban J connectivity index is 0.00000144. The molecule has 1 aromatic rings. The van der Waals surface area contributed by atoms with Crippen LogP contribution in [-0.4, -0.2) is 32.1 Å². The van der Waals surface area contributed by atoms with Gasteiger partial charge in [-0.05, 0) is 32.2 Å². The van der Waals surface area contributed by atoms with E-state index in [9.17, 15) is 4.79 Å². The molecule has 1 aliphatic heterocycles. The molecule has 1 atom stereocenters. The lowest BCUT2D eigenvalue weighted by Gasteiger charge is -2.19. The van der Waals surface area contributed by atoms with Crippen LogP contribution in [0.2, 0.25) is 0 Å². The van der Waals surface area contributed by atoms with Gasteiger partial charge in [0.05, 0.1) is 6.04 Å². The van der Waals surface area contributed by atoms with E-state index in [1.54, 1.807) is 25.2 Å². The van der Waals surface area contributed by atoms with E-state index in [2.05, 4.69) is 5.32 Å². The summed E-state index contributed by atoms with van der Waals surface area (Å²) in [5, 5.41) is 2.92. The van der Waals surface area contributed by atoms with Gasteiger partial charge in [-0.15, -0.1) is 12.4 Å². The number of carbonyl (C=O) groups excluding carboxylic acids is 1. The number of fused-ring (bicyclic) bond motifs is 1. The molecule has 2 rings (SSSR count). The number of halogens is 1. The molecule has 0 spiro atoms. The van der Waals surface area contributed by atoms with Crippen LogP contribution in [0.1, 0.15) is 17.3 Å². The smallest absolute Gasteiger partial charge is 0.179 e. The molecule has 5 heteroatoms. The maximum Gasteiger partial charge on any atom is 0.179 e. The van der Waals surface area contributed by atoms with Crippen LogP contribution in [0, 0.1) is 0 Å². The van der Waals surface area contributed by atoms with Crippen molar-refractivity contribution in [2.75, 3.05) is 20.3 Å². The van der Waals surface area contributed by atoms with Gasteiger partial charge in [0.2, 0.25) is 0 Å². The molecule has 0 radical (unpaired) electrons. The normalized spacial score (nSPS) is 14.7. The van der Waals surface area contributed by atoms with Crippen molar-refractivity contribution >= 4 is 18.2 Å². The summed E-state index contributed by atoms with van der Waals surface area (Å²) < 4.78 is 10.8. The fraction of sp³-hybridized carbons (Fsp3) is 0.417. The van der Waals surface area contributed by atoms with Gasteiger partial charge in [0.1, 0.15) is 13.2 Å². The van der Waals surface area contributed by atoms with E-state index in [1.807, 2.05) is 6.92 Å². The number of ketones is 1. The molecule has 0 fully saturated rings. The molecule has 0 aliphatic carbocycles. The zero-order valence-corrected chi connectivity index (χ0v) is 10.7. The largest absolute Gasteiger partial charge is 0.486 e. The minimum absolute atomic E-state index is 0. The van der Waals surface area contributed by atoms with Crippen LogP contribution in [-0.2, 0) is 0 Å². The third-order valence-corrected chi connectivity index (χ3v) is 2.65. The van der Waals surface area contributed by atoms with Gasteiger partial charge < -0.3 is 14.8 Å². The summed E-state index contributed by atoms with van der Waals surface area (Å²) >= 11 is 0. The maximum atomic E-state index is 11.9. The molecule has 0 bridgehead atoms. The summed E-state index contributed by atoms with van der Waals surface area (Å²) in [6.45, 7) is 2.93. The van der Waals surface area contributed by atoms with E-state index in [1.165, 1.54) is 0 Å². The standard InChI is InChI=1S/C12H15NO3.ClH/c1-8(13-2)12(14)9-3-4-10-11(7-9)16-6-5-15-10;/h3-4,7-8,13H,5-6H2,1-2H3;1H. The van der Waals surface area contributed by atoms with Crippen LogP contribution in [0.15, 0.2) is 18.2 Å². The van der Waals surface area contributed by atoms with Crippen molar-refractivity contribution in [2.45, 2.75) is 13.0 Å². The highest BCUT2D eigenvalue weighted by atomic mass is 35.5. The van der Waals surface area contributed by atoms with E-state index >= 15 is 0 Å². The molecule has 17 heavy (non-hydrogen) atoms. The van der Waals surface area contributed by atoms with Gasteiger partial charge in [-0.2, -0.15) is 0 Å². The fourth-order valence-corrected chi connectivity index (χ4v) is 1.58. The average Bonchev–Trinajstić information content (AvgIpc) is 2.36. The van der Waals surface area contributed by atoms with Crippen molar-refractivity contribution in [3.63, 3.8) is 0 Å². The Morgan fingerprint density at radius 1 is 1.29 bits per heavy atom. The molecular formula is C12H16ClNO3. The molecule has 0 saturated heterocycles. The summed E-state index contributed by atoms with van der Waals surface area (Å²) in [5.74, 6) is 1.42. The Bertz CT molecular complexity index is 409. The number of ether oxygens (including phenoxy) is 2. The number of rotatable bonds is 3. The highest BCUT2D eigenvalue weighted by molar-refractivity contribution is 6.00. The molecule has 1 heterocycles. The SMILES string of the molecule is CNC(C)C(=O)c1ccc2c(c1)OCCO2.Cl. The molecule has 0 saturated carbocycles.